The maximum absolute atomic E-state index is 11.8. The van der Waals surface area contributed by atoms with Crippen LogP contribution in [0.4, 0.5) is 0 Å². The maximum Gasteiger partial charge on any atom is 0.232 e. The minimum absolute atomic E-state index is 0.0297. The lowest BCUT2D eigenvalue weighted by Crippen LogP contribution is -2.47. The fourth-order valence-electron chi connectivity index (χ4n) is 0.698. The Hall–Kier alpha value is -0.290. The molecule has 3 N–H and O–H groups in total. The van der Waals surface area contributed by atoms with E-state index in [0.29, 0.717) is 6.54 Å². The number of carbonyl (C=O) groups excluding carboxylic acids is 1. The standard InChI is InChI=1S/C10H20N2OS2/c1-9(2,15-5)6-12-8(13)10(3,4)7(11)14/h6H2,1-5H3,(H2,11,14)(H,12,13). The molecule has 0 saturated heterocycles. The summed E-state index contributed by atoms with van der Waals surface area (Å²) in [6.45, 7) is 8.23. The zero-order valence-corrected chi connectivity index (χ0v) is 11.6. The largest absolute Gasteiger partial charge is 0.392 e. The molecule has 0 aromatic carbocycles. The second-order valence-electron chi connectivity index (χ2n) is 4.64. The van der Waals surface area contributed by atoms with Crippen molar-refractivity contribution in [2.75, 3.05) is 12.8 Å². The van der Waals surface area contributed by atoms with E-state index < -0.39 is 5.41 Å². The number of nitrogens with two attached hydrogens (primary N) is 1. The topological polar surface area (TPSA) is 55.1 Å². The van der Waals surface area contributed by atoms with Crippen molar-refractivity contribution in [1.82, 2.24) is 5.32 Å². The van der Waals surface area contributed by atoms with Crippen molar-refractivity contribution in [3.63, 3.8) is 0 Å². The van der Waals surface area contributed by atoms with Gasteiger partial charge >= 0.3 is 0 Å². The Morgan fingerprint density at radius 3 is 2.20 bits per heavy atom. The minimum atomic E-state index is -0.774. The first-order valence-corrected chi connectivity index (χ1v) is 6.40. The fourth-order valence-corrected chi connectivity index (χ4v) is 1.01. The molecule has 15 heavy (non-hydrogen) atoms. The van der Waals surface area contributed by atoms with E-state index in [1.165, 1.54) is 0 Å². The van der Waals surface area contributed by atoms with Crippen LogP contribution in [0.15, 0.2) is 0 Å². The van der Waals surface area contributed by atoms with Gasteiger partial charge in [0.05, 0.1) is 10.4 Å². The second kappa shape index (κ2) is 5.16. The number of thiocarbonyl (C=S) groups is 1. The van der Waals surface area contributed by atoms with Crippen LogP contribution in [0.3, 0.4) is 0 Å². The third kappa shape index (κ3) is 4.38. The molecule has 0 spiro atoms. The lowest BCUT2D eigenvalue weighted by molar-refractivity contribution is -0.126. The average Bonchev–Trinajstić information content (AvgIpc) is 2.14. The molecule has 0 aliphatic carbocycles. The van der Waals surface area contributed by atoms with Crippen LogP contribution in [-0.4, -0.2) is 28.4 Å². The highest BCUT2D eigenvalue weighted by Gasteiger charge is 2.31. The van der Waals surface area contributed by atoms with Crippen LogP contribution in [0.1, 0.15) is 27.7 Å². The SMILES string of the molecule is CSC(C)(C)CNC(=O)C(C)(C)C(N)=S. The first-order valence-electron chi connectivity index (χ1n) is 4.77. The summed E-state index contributed by atoms with van der Waals surface area (Å²) in [5, 5.41) is 2.87. The summed E-state index contributed by atoms with van der Waals surface area (Å²) < 4.78 is 0.0297. The molecule has 0 aromatic rings. The minimum Gasteiger partial charge on any atom is -0.392 e. The molecule has 0 heterocycles. The summed E-state index contributed by atoms with van der Waals surface area (Å²) in [6, 6.07) is 0. The third-order valence-corrected chi connectivity index (χ3v) is 4.17. The number of hydrogen-bond donors (Lipinski definition) is 2. The second-order valence-corrected chi connectivity index (χ2v) is 6.59. The quantitative estimate of drug-likeness (QED) is 0.725. The number of nitrogens with one attached hydrogen (secondary N) is 1. The van der Waals surface area contributed by atoms with E-state index in [1.54, 1.807) is 25.6 Å². The van der Waals surface area contributed by atoms with Gasteiger partial charge in [0.15, 0.2) is 0 Å². The molecular weight excluding hydrogens is 228 g/mol. The van der Waals surface area contributed by atoms with Crippen molar-refractivity contribution in [3.8, 4) is 0 Å². The van der Waals surface area contributed by atoms with Gasteiger partial charge < -0.3 is 11.1 Å². The van der Waals surface area contributed by atoms with E-state index in [0.717, 1.165) is 0 Å². The van der Waals surface area contributed by atoms with Gasteiger partial charge in [-0.3, -0.25) is 4.79 Å². The Kier molecular flexibility index (Phi) is 5.06. The molecule has 0 fully saturated rings. The summed E-state index contributed by atoms with van der Waals surface area (Å²) >= 11 is 6.56. The zero-order valence-electron chi connectivity index (χ0n) is 10.0. The lowest BCUT2D eigenvalue weighted by Gasteiger charge is -2.27. The summed E-state index contributed by atoms with van der Waals surface area (Å²) in [7, 11) is 0. The summed E-state index contributed by atoms with van der Waals surface area (Å²) in [5.41, 5.74) is 4.73. The maximum atomic E-state index is 11.8. The Morgan fingerprint density at radius 2 is 1.87 bits per heavy atom. The van der Waals surface area contributed by atoms with Gasteiger partial charge in [0, 0.05) is 11.3 Å². The summed E-state index contributed by atoms with van der Waals surface area (Å²) in [5.74, 6) is -0.114. The van der Waals surface area contributed by atoms with E-state index in [2.05, 4.69) is 19.2 Å². The van der Waals surface area contributed by atoms with Crippen molar-refractivity contribution in [1.29, 1.82) is 0 Å². The van der Waals surface area contributed by atoms with E-state index in [-0.39, 0.29) is 15.6 Å². The van der Waals surface area contributed by atoms with Crippen molar-refractivity contribution >= 4 is 34.9 Å². The van der Waals surface area contributed by atoms with Crippen LogP contribution in [-0.2, 0) is 4.79 Å². The molecule has 0 unspecified atom stereocenters. The molecule has 0 rings (SSSR count). The molecular formula is C10H20N2OS2. The highest BCUT2D eigenvalue weighted by Crippen LogP contribution is 2.21. The highest BCUT2D eigenvalue weighted by atomic mass is 32.2. The zero-order chi connectivity index (χ0) is 12.3. The first-order chi connectivity index (χ1) is 6.63. The predicted molar refractivity (Wildman–Crippen MR) is 71.2 cm³/mol. The van der Waals surface area contributed by atoms with Gasteiger partial charge in [-0.25, -0.2) is 0 Å². The van der Waals surface area contributed by atoms with Crippen molar-refractivity contribution in [2.24, 2.45) is 11.1 Å². The highest BCUT2D eigenvalue weighted by molar-refractivity contribution is 7.99. The first kappa shape index (κ1) is 14.7. The van der Waals surface area contributed by atoms with Gasteiger partial charge in [-0.1, -0.05) is 12.2 Å². The van der Waals surface area contributed by atoms with Gasteiger partial charge in [-0.2, -0.15) is 11.8 Å². The van der Waals surface area contributed by atoms with Crippen LogP contribution < -0.4 is 11.1 Å². The third-order valence-electron chi connectivity index (χ3n) is 2.41. The van der Waals surface area contributed by atoms with Gasteiger partial charge in [-0.05, 0) is 34.0 Å². The number of hydrogen-bond acceptors (Lipinski definition) is 3. The Labute approximate surface area is 102 Å². The molecule has 0 aliphatic heterocycles. The van der Waals surface area contributed by atoms with E-state index >= 15 is 0 Å². The molecule has 0 saturated carbocycles. The van der Waals surface area contributed by atoms with Crippen molar-refractivity contribution in [2.45, 2.75) is 32.4 Å². The molecule has 3 nitrogen and oxygen atoms in total. The van der Waals surface area contributed by atoms with Crippen LogP contribution >= 0.6 is 24.0 Å². The van der Waals surface area contributed by atoms with Gasteiger partial charge in [0.2, 0.25) is 5.91 Å². The molecule has 0 aromatic heterocycles. The number of thioether (sulfide) groups is 1. The molecule has 5 heteroatoms. The van der Waals surface area contributed by atoms with Gasteiger partial charge in [-0.15, -0.1) is 0 Å². The van der Waals surface area contributed by atoms with Gasteiger partial charge in [0.25, 0.3) is 0 Å². The van der Waals surface area contributed by atoms with Crippen LogP contribution in [0.5, 0.6) is 0 Å². The van der Waals surface area contributed by atoms with Crippen LogP contribution in [0.25, 0.3) is 0 Å². The molecule has 1 amide bonds. The predicted octanol–water partition coefficient (Wildman–Crippen LogP) is 1.56. The van der Waals surface area contributed by atoms with E-state index in [1.807, 2.05) is 6.26 Å². The van der Waals surface area contributed by atoms with Crippen LogP contribution in [0.2, 0.25) is 0 Å². The molecule has 0 radical (unpaired) electrons. The monoisotopic (exact) mass is 248 g/mol. The van der Waals surface area contributed by atoms with E-state index in [9.17, 15) is 4.79 Å². The summed E-state index contributed by atoms with van der Waals surface area (Å²) in [6.07, 6.45) is 2.02. The lowest BCUT2D eigenvalue weighted by atomic mass is 9.92. The Balaban J connectivity index is 4.34. The normalized spacial score (nSPS) is 12.3. The van der Waals surface area contributed by atoms with Crippen molar-refractivity contribution in [3.05, 3.63) is 0 Å². The molecule has 0 atom stereocenters. The average molecular weight is 248 g/mol. The molecule has 88 valence electrons. The number of carbonyl (C=O) groups is 1. The Morgan fingerprint density at radius 1 is 1.40 bits per heavy atom. The van der Waals surface area contributed by atoms with Gasteiger partial charge in [0.1, 0.15) is 0 Å². The fraction of sp³-hybridized carbons (Fsp3) is 0.800. The van der Waals surface area contributed by atoms with Crippen LogP contribution in [0, 0.1) is 5.41 Å². The van der Waals surface area contributed by atoms with Crippen molar-refractivity contribution < 1.29 is 4.79 Å². The number of rotatable bonds is 5. The smallest absolute Gasteiger partial charge is 0.232 e. The van der Waals surface area contributed by atoms with E-state index in [4.69, 9.17) is 18.0 Å². The Bertz CT molecular complexity index is 262. The number of amides is 1. The molecule has 0 aliphatic rings. The molecule has 0 bridgehead atoms. The summed E-state index contributed by atoms with van der Waals surface area (Å²) in [4.78, 5) is 12.0.